The van der Waals surface area contributed by atoms with E-state index in [0.29, 0.717) is 63.4 Å². The lowest BCUT2D eigenvalue weighted by atomic mass is 9.78. The number of cyclic esters (lactones) is 1. The monoisotopic (exact) mass is 914 g/mol. The largest absolute Gasteiger partial charge is 0.460 e. The number of ketones is 3. The van der Waals surface area contributed by atoms with Crippen molar-refractivity contribution in [1.29, 1.82) is 0 Å². The summed E-state index contributed by atoms with van der Waals surface area (Å²) < 4.78 is 29.4. The van der Waals surface area contributed by atoms with E-state index in [-0.39, 0.29) is 54.8 Å². The Labute approximate surface area is 387 Å². The number of aliphatic hydroxyl groups is 3. The normalized spacial score (nSPS) is 40.4. The molecule has 366 valence electrons. The lowest BCUT2D eigenvalue weighted by Gasteiger charge is -2.42. The summed E-state index contributed by atoms with van der Waals surface area (Å²) in [6.07, 6.45) is 11.2. The predicted molar refractivity (Wildman–Crippen MR) is 245 cm³/mol. The number of rotatable bonds is 6. The van der Waals surface area contributed by atoms with Crippen LogP contribution in [-0.4, -0.2) is 132 Å². The molecule has 4 aliphatic rings. The van der Waals surface area contributed by atoms with Crippen molar-refractivity contribution in [2.24, 2.45) is 35.5 Å². The molecule has 1 aliphatic carbocycles. The van der Waals surface area contributed by atoms with Crippen LogP contribution in [0.1, 0.15) is 126 Å². The maximum Gasteiger partial charge on any atom is 0.329 e. The minimum atomic E-state index is -2.43. The molecule has 2 bridgehead atoms. The minimum absolute atomic E-state index is 0.0193. The number of hydrogen-bond donors (Lipinski definition) is 3. The Morgan fingerprint density at radius 2 is 1.57 bits per heavy atom. The molecule has 65 heavy (non-hydrogen) atoms. The zero-order chi connectivity index (χ0) is 48.2. The number of nitrogens with zero attached hydrogens (tertiary/aromatic N) is 1. The molecule has 1 amide bonds. The molecule has 15 atom stereocenters. The summed E-state index contributed by atoms with van der Waals surface area (Å²) in [5.41, 5.74) is 1.27. The van der Waals surface area contributed by atoms with Gasteiger partial charge in [-0.25, -0.2) is 4.79 Å². The third-order valence-electron chi connectivity index (χ3n) is 14.5. The van der Waals surface area contributed by atoms with E-state index in [2.05, 4.69) is 0 Å². The van der Waals surface area contributed by atoms with Crippen LogP contribution in [0.25, 0.3) is 0 Å². The van der Waals surface area contributed by atoms with Gasteiger partial charge in [-0.3, -0.25) is 19.2 Å². The molecule has 0 spiro atoms. The van der Waals surface area contributed by atoms with E-state index >= 15 is 0 Å². The van der Waals surface area contributed by atoms with Crippen molar-refractivity contribution in [2.45, 2.75) is 180 Å². The number of esters is 1. The highest BCUT2D eigenvalue weighted by molar-refractivity contribution is 6.39. The van der Waals surface area contributed by atoms with Crippen molar-refractivity contribution in [3.8, 4) is 0 Å². The highest BCUT2D eigenvalue weighted by atomic mass is 16.6. The number of carbonyl (C=O) groups is 5. The Bertz CT molecular complexity index is 1760. The fourth-order valence-corrected chi connectivity index (χ4v) is 10.1. The number of aliphatic hydroxyl groups excluding tert-OH is 2. The first-order valence-corrected chi connectivity index (χ1v) is 23.9. The second kappa shape index (κ2) is 25.1. The molecule has 1 saturated carbocycles. The van der Waals surface area contributed by atoms with Gasteiger partial charge in [0.05, 0.1) is 24.4 Å². The SMILES string of the molecule is CO[C@H]1C[C@@H]2CC[C@@H](C)[C@@](O)(O2)C(=O)C(=O)N2CCCC[C@H]2C(=O)OC([C@H](C)C[C@H]2CC[C@H](O)[C@@H](OC)C2)CC(=O)[C@H](C)/C=C(\C)[C@@H](O)[C@@H](OC)C(=O)[C@H](C)C[C@H](C)/C=C/C=C/C=C/1C. The summed E-state index contributed by atoms with van der Waals surface area (Å²) in [5.74, 6) is -7.96. The smallest absolute Gasteiger partial charge is 0.329 e. The molecule has 3 aliphatic heterocycles. The Balaban J connectivity index is 1.70. The molecule has 0 aromatic carbocycles. The molecule has 4 rings (SSSR count). The van der Waals surface area contributed by atoms with Gasteiger partial charge in [0.15, 0.2) is 5.78 Å². The first-order valence-electron chi connectivity index (χ1n) is 23.9. The number of amides is 1. The lowest BCUT2D eigenvalue weighted by molar-refractivity contribution is -0.265. The summed E-state index contributed by atoms with van der Waals surface area (Å²) in [6, 6.07) is -1.14. The number of fused-ring (bicyclic) bond motifs is 3. The van der Waals surface area contributed by atoms with Crippen LogP contribution in [0.2, 0.25) is 0 Å². The van der Waals surface area contributed by atoms with E-state index in [9.17, 15) is 39.3 Å². The molecule has 2 saturated heterocycles. The van der Waals surface area contributed by atoms with Crippen molar-refractivity contribution in [2.75, 3.05) is 27.9 Å². The zero-order valence-electron chi connectivity index (χ0n) is 40.6. The van der Waals surface area contributed by atoms with E-state index in [1.54, 1.807) is 41.1 Å². The number of carbonyl (C=O) groups excluding carboxylic acids is 5. The topological polar surface area (TPSA) is 195 Å². The molecule has 0 radical (unpaired) electrons. The van der Waals surface area contributed by atoms with Gasteiger partial charge in [0.2, 0.25) is 5.79 Å². The Morgan fingerprint density at radius 3 is 2.25 bits per heavy atom. The summed E-state index contributed by atoms with van der Waals surface area (Å²) in [6.45, 7) is 12.7. The number of hydrogen-bond acceptors (Lipinski definition) is 13. The number of piperidine rings is 1. The molecular formula is C51H79NO13. The van der Waals surface area contributed by atoms with Gasteiger partial charge in [-0.15, -0.1) is 0 Å². The van der Waals surface area contributed by atoms with Crippen LogP contribution in [0.5, 0.6) is 0 Å². The second-order valence-electron chi connectivity index (χ2n) is 19.6. The van der Waals surface area contributed by atoms with E-state index in [1.807, 2.05) is 58.1 Å². The average molecular weight is 914 g/mol. The van der Waals surface area contributed by atoms with Crippen LogP contribution in [-0.2, 0) is 47.7 Å². The third-order valence-corrected chi connectivity index (χ3v) is 14.5. The van der Waals surface area contributed by atoms with E-state index in [4.69, 9.17) is 23.7 Å². The van der Waals surface area contributed by atoms with E-state index in [0.717, 1.165) is 12.0 Å². The van der Waals surface area contributed by atoms with Gasteiger partial charge in [-0.2, -0.15) is 0 Å². The molecule has 14 nitrogen and oxygen atoms in total. The summed E-state index contributed by atoms with van der Waals surface area (Å²) in [7, 11) is 4.52. The van der Waals surface area contributed by atoms with Crippen LogP contribution in [0.4, 0.5) is 0 Å². The maximum absolute atomic E-state index is 14.4. The van der Waals surface area contributed by atoms with Gasteiger partial charge >= 0.3 is 5.97 Å². The predicted octanol–water partition coefficient (Wildman–Crippen LogP) is 6.18. The van der Waals surface area contributed by atoms with Crippen LogP contribution >= 0.6 is 0 Å². The van der Waals surface area contributed by atoms with Crippen LogP contribution in [0.3, 0.4) is 0 Å². The van der Waals surface area contributed by atoms with Gasteiger partial charge in [-0.05, 0) is 107 Å². The Hall–Kier alpha value is -3.37. The molecule has 3 N–H and O–H groups in total. The van der Waals surface area contributed by atoms with Gasteiger partial charge in [-0.1, -0.05) is 71.1 Å². The lowest BCUT2D eigenvalue weighted by Crippen LogP contribution is -2.61. The quantitative estimate of drug-likeness (QED) is 0.156. The minimum Gasteiger partial charge on any atom is -0.460 e. The molecule has 0 aromatic rings. The number of allylic oxidation sites excluding steroid dienone is 6. The van der Waals surface area contributed by atoms with E-state index < -0.39 is 83.9 Å². The van der Waals surface area contributed by atoms with Crippen molar-refractivity contribution < 1.29 is 63.0 Å². The summed E-state index contributed by atoms with van der Waals surface area (Å²) in [5, 5.41) is 33.8. The van der Waals surface area contributed by atoms with Gasteiger partial charge in [0, 0.05) is 58.5 Å². The fourth-order valence-electron chi connectivity index (χ4n) is 10.1. The maximum atomic E-state index is 14.4. The molecular weight excluding hydrogens is 835 g/mol. The first kappa shape index (κ1) is 54.2. The Kier molecular flexibility index (Phi) is 21.0. The van der Waals surface area contributed by atoms with Gasteiger partial charge < -0.3 is 43.9 Å². The molecule has 0 aromatic heterocycles. The van der Waals surface area contributed by atoms with Crippen molar-refractivity contribution in [3.63, 3.8) is 0 Å². The molecule has 14 heteroatoms. The fraction of sp³-hybridized carbons (Fsp3) is 0.745. The first-order chi connectivity index (χ1) is 30.7. The van der Waals surface area contributed by atoms with Crippen LogP contribution in [0.15, 0.2) is 47.6 Å². The van der Waals surface area contributed by atoms with Crippen LogP contribution < -0.4 is 0 Å². The van der Waals surface area contributed by atoms with Crippen molar-refractivity contribution in [1.82, 2.24) is 4.90 Å². The van der Waals surface area contributed by atoms with Crippen molar-refractivity contribution in [3.05, 3.63) is 47.6 Å². The van der Waals surface area contributed by atoms with Crippen LogP contribution in [0, 0.1) is 35.5 Å². The zero-order valence-corrected chi connectivity index (χ0v) is 40.6. The second-order valence-corrected chi connectivity index (χ2v) is 19.6. The van der Waals surface area contributed by atoms with Gasteiger partial charge in [0.1, 0.15) is 30.1 Å². The Morgan fingerprint density at radius 1 is 0.846 bits per heavy atom. The van der Waals surface area contributed by atoms with Gasteiger partial charge in [0.25, 0.3) is 11.7 Å². The molecule has 3 fully saturated rings. The number of Topliss-reactive ketones (excluding diaryl/α,β-unsaturated/α-hetero) is 3. The molecule has 1 unspecified atom stereocenters. The summed E-state index contributed by atoms with van der Waals surface area (Å²) >= 11 is 0. The molecule has 3 heterocycles. The van der Waals surface area contributed by atoms with E-state index in [1.165, 1.54) is 12.0 Å². The third kappa shape index (κ3) is 14.3. The standard InChI is InChI=1S/C51H79NO13/c1-30-16-12-11-13-17-31(2)42(61-8)28-38-21-19-36(7)51(60,65-38)48(57)49(58)52-23-15-14-18-39(52)50(59)64-43(33(4)26-37-20-22-40(53)44(27-37)62-9)29-41(54)32(3)25-35(6)46(56)47(63-10)45(55)34(5)24-30/h11-13,16-17,25,30,32-34,36-40,42-44,46-47,53,56,60H,14-15,18-24,26-29H2,1-10H3/b13-11+,16-12+,31-17+,35-25+/t30-,32-,33-,34-,36-,37-,38+,39+,40+,42+,43?,44+,46-,47+,51-/m1/s1. The number of methoxy groups -OCH3 is 3. The highest BCUT2D eigenvalue weighted by Crippen LogP contribution is 2.38. The average Bonchev–Trinajstić information content (AvgIpc) is 3.28. The summed E-state index contributed by atoms with van der Waals surface area (Å²) in [4.78, 5) is 71.8. The van der Waals surface area contributed by atoms with Crippen molar-refractivity contribution >= 4 is 29.2 Å². The highest BCUT2D eigenvalue weighted by Gasteiger charge is 2.53. The number of ether oxygens (including phenoxy) is 5.